The number of nitriles is 1. The van der Waals surface area contributed by atoms with Crippen LogP contribution < -0.4 is 4.74 Å². The molecule has 3 aromatic carbocycles. The van der Waals surface area contributed by atoms with E-state index in [0.29, 0.717) is 48.8 Å². The SMILES string of the molecule is N#Cc1ccc(Oc2cccc(C(=O)N3CCN(C(=O)c4ccccc4F)CC3)c2)cc1. The number of ether oxygens (including phenoxy) is 1. The minimum absolute atomic E-state index is 0.0416. The van der Waals surface area contributed by atoms with Crippen molar-refractivity contribution in [2.45, 2.75) is 0 Å². The van der Waals surface area contributed by atoms with Crippen LogP contribution >= 0.6 is 0 Å². The van der Waals surface area contributed by atoms with Gasteiger partial charge in [-0.25, -0.2) is 4.39 Å². The summed E-state index contributed by atoms with van der Waals surface area (Å²) in [6.45, 7) is 1.39. The second kappa shape index (κ2) is 9.31. The number of hydrogen-bond donors (Lipinski definition) is 0. The molecule has 6 nitrogen and oxygen atoms in total. The molecule has 0 radical (unpaired) electrons. The molecule has 0 atom stereocenters. The van der Waals surface area contributed by atoms with Gasteiger partial charge in [-0.15, -0.1) is 0 Å². The molecule has 0 bridgehead atoms. The third-order valence-corrected chi connectivity index (χ3v) is 5.26. The molecular formula is C25H20FN3O3. The molecule has 1 aliphatic rings. The second-order valence-electron chi connectivity index (χ2n) is 7.33. The predicted molar refractivity (Wildman–Crippen MR) is 116 cm³/mol. The van der Waals surface area contributed by atoms with Gasteiger partial charge in [0.05, 0.1) is 17.2 Å². The fourth-order valence-corrected chi connectivity index (χ4v) is 3.53. The van der Waals surface area contributed by atoms with Gasteiger partial charge in [0, 0.05) is 31.7 Å². The van der Waals surface area contributed by atoms with Gasteiger partial charge in [-0.3, -0.25) is 9.59 Å². The zero-order chi connectivity index (χ0) is 22.5. The summed E-state index contributed by atoms with van der Waals surface area (Å²) in [5, 5.41) is 8.89. The summed E-state index contributed by atoms with van der Waals surface area (Å²) in [6, 6.07) is 21.5. The molecule has 0 N–H and O–H groups in total. The van der Waals surface area contributed by atoms with Crippen LogP contribution in [0.5, 0.6) is 11.5 Å². The van der Waals surface area contributed by atoms with Gasteiger partial charge >= 0.3 is 0 Å². The first-order valence-electron chi connectivity index (χ1n) is 10.2. The highest BCUT2D eigenvalue weighted by Gasteiger charge is 2.26. The summed E-state index contributed by atoms with van der Waals surface area (Å²) in [7, 11) is 0. The Morgan fingerprint density at radius 3 is 2.12 bits per heavy atom. The maximum atomic E-state index is 13.9. The molecule has 3 aromatic rings. The van der Waals surface area contributed by atoms with Gasteiger partial charge in [0.1, 0.15) is 17.3 Å². The van der Waals surface area contributed by atoms with E-state index < -0.39 is 5.82 Å². The summed E-state index contributed by atoms with van der Waals surface area (Å²) in [4.78, 5) is 28.8. The molecule has 32 heavy (non-hydrogen) atoms. The van der Waals surface area contributed by atoms with Gasteiger partial charge in [0.25, 0.3) is 11.8 Å². The number of nitrogens with zero attached hydrogens (tertiary/aromatic N) is 3. The van der Waals surface area contributed by atoms with Gasteiger partial charge in [-0.1, -0.05) is 18.2 Å². The van der Waals surface area contributed by atoms with Crippen molar-refractivity contribution in [2.75, 3.05) is 26.2 Å². The normalized spacial score (nSPS) is 13.4. The van der Waals surface area contributed by atoms with E-state index in [-0.39, 0.29) is 17.4 Å². The number of amides is 2. The third-order valence-electron chi connectivity index (χ3n) is 5.26. The fraction of sp³-hybridized carbons (Fsp3) is 0.160. The Bertz CT molecular complexity index is 1180. The monoisotopic (exact) mass is 429 g/mol. The average Bonchev–Trinajstić information content (AvgIpc) is 2.84. The summed E-state index contributed by atoms with van der Waals surface area (Å²) >= 11 is 0. The van der Waals surface area contributed by atoms with Crippen LogP contribution in [0.15, 0.2) is 72.8 Å². The summed E-state index contributed by atoms with van der Waals surface area (Å²) in [6.07, 6.45) is 0. The van der Waals surface area contributed by atoms with Crippen LogP contribution in [0.3, 0.4) is 0 Å². The van der Waals surface area contributed by atoms with Crippen LogP contribution in [-0.2, 0) is 0 Å². The molecule has 0 saturated carbocycles. The van der Waals surface area contributed by atoms with E-state index in [1.807, 2.05) is 0 Å². The molecule has 2 amide bonds. The van der Waals surface area contributed by atoms with Crippen molar-refractivity contribution in [2.24, 2.45) is 0 Å². The Labute approximate surface area is 185 Å². The van der Waals surface area contributed by atoms with Crippen molar-refractivity contribution >= 4 is 11.8 Å². The summed E-state index contributed by atoms with van der Waals surface area (Å²) in [5.74, 6) is -0.000777. The number of carbonyl (C=O) groups is 2. The van der Waals surface area contributed by atoms with Crippen LogP contribution in [0, 0.1) is 17.1 Å². The highest BCUT2D eigenvalue weighted by molar-refractivity contribution is 5.96. The van der Waals surface area contributed by atoms with E-state index in [2.05, 4.69) is 6.07 Å². The molecule has 4 rings (SSSR count). The van der Waals surface area contributed by atoms with Crippen LogP contribution in [0.1, 0.15) is 26.3 Å². The Kier molecular flexibility index (Phi) is 6.13. The molecule has 160 valence electrons. The minimum atomic E-state index is -0.546. The quantitative estimate of drug-likeness (QED) is 0.626. The Hall–Kier alpha value is -4.18. The van der Waals surface area contributed by atoms with Crippen LogP contribution in [0.25, 0.3) is 0 Å². The standard InChI is InChI=1S/C25H20FN3O3/c26-23-7-2-1-6-22(23)25(31)29-14-12-28(13-15-29)24(30)19-4-3-5-21(16-19)32-20-10-8-18(17-27)9-11-20/h1-11,16H,12-15H2. The van der Waals surface area contributed by atoms with Crippen LogP contribution in [0.4, 0.5) is 4.39 Å². The number of hydrogen-bond acceptors (Lipinski definition) is 4. The number of carbonyl (C=O) groups excluding carboxylic acids is 2. The van der Waals surface area contributed by atoms with E-state index in [1.54, 1.807) is 70.5 Å². The predicted octanol–water partition coefficient (Wildman–Crippen LogP) is 4.09. The molecular weight excluding hydrogens is 409 g/mol. The molecule has 0 aromatic heterocycles. The van der Waals surface area contributed by atoms with E-state index in [0.717, 1.165) is 0 Å². The van der Waals surface area contributed by atoms with E-state index in [1.165, 1.54) is 12.1 Å². The lowest BCUT2D eigenvalue weighted by molar-refractivity contribution is 0.0532. The maximum Gasteiger partial charge on any atom is 0.256 e. The Morgan fingerprint density at radius 2 is 1.47 bits per heavy atom. The van der Waals surface area contributed by atoms with Gasteiger partial charge < -0.3 is 14.5 Å². The molecule has 0 unspecified atom stereocenters. The Morgan fingerprint density at radius 1 is 0.812 bits per heavy atom. The first-order valence-corrected chi connectivity index (χ1v) is 10.2. The molecule has 1 aliphatic heterocycles. The van der Waals surface area contributed by atoms with Crippen molar-refractivity contribution < 1.29 is 18.7 Å². The second-order valence-corrected chi connectivity index (χ2v) is 7.33. The van der Waals surface area contributed by atoms with Gasteiger partial charge in [-0.05, 0) is 54.6 Å². The van der Waals surface area contributed by atoms with Gasteiger partial charge in [0.2, 0.25) is 0 Å². The van der Waals surface area contributed by atoms with Crippen molar-refractivity contribution in [3.05, 3.63) is 95.3 Å². The zero-order valence-corrected chi connectivity index (χ0v) is 17.2. The Balaban J connectivity index is 1.39. The lowest BCUT2D eigenvalue weighted by Crippen LogP contribution is -2.50. The van der Waals surface area contributed by atoms with Crippen LogP contribution in [0.2, 0.25) is 0 Å². The van der Waals surface area contributed by atoms with Crippen molar-refractivity contribution in [3.63, 3.8) is 0 Å². The van der Waals surface area contributed by atoms with Gasteiger partial charge in [0.15, 0.2) is 0 Å². The highest BCUT2D eigenvalue weighted by Crippen LogP contribution is 2.23. The van der Waals surface area contributed by atoms with Crippen molar-refractivity contribution in [3.8, 4) is 17.6 Å². The summed E-state index contributed by atoms with van der Waals surface area (Å²) in [5.41, 5.74) is 1.05. The topological polar surface area (TPSA) is 73.6 Å². The van der Waals surface area contributed by atoms with Crippen LogP contribution in [-0.4, -0.2) is 47.8 Å². The third kappa shape index (κ3) is 4.60. The molecule has 1 fully saturated rings. The highest BCUT2D eigenvalue weighted by atomic mass is 19.1. The van der Waals surface area contributed by atoms with Gasteiger partial charge in [-0.2, -0.15) is 5.26 Å². The first-order chi connectivity index (χ1) is 15.5. The fourth-order valence-electron chi connectivity index (χ4n) is 3.53. The van der Waals surface area contributed by atoms with Crippen molar-refractivity contribution in [1.82, 2.24) is 9.80 Å². The lowest BCUT2D eigenvalue weighted by Gasteiger charge is -2.35. The number of piperazine rings is 1. The first kappa shape index (κ1) is 21.1. The van der Waals surface area contributed by atoms with E-state index in [9.17, 15) is 14.0 Å². The van der Waals surface area contributed by atoms with Crippen molar-refractivity contribution in [1.29, 1.82) is 5.26 Å². The number of rotatable bonds is 4. The molecule has 0 aliphatic carbocycles. The van der Waals surface area contributed by atoms with E-state index >= 15 is 0 Å². The molecule has 7 heteroatoms. The minimum Gasteiger partial charge on any atom is -0.457 e. The molecule has 0 spiro atoms. The summed E-state index contributed by atoms with van der Waals surface area (Å²) < 4.78 is 19.7. The lowest BCUT2D eigenvalue weighted by atomic mass is 10.1. The maximum absolute atomic E-state index is 13.9. The smallest absolute Gasteiger partial charge is 0.256 e. The zero-order valence-electron chi connectivity index (χ0n) is 17.2. The largest absolute Gasteiger partial charge is 0.457 e. The number of halogens is 1. The average molecular weight is 429 g/mol. The van der Waals surface area contributed by atoms with E-state index in [4.69, 9.17) is 10.00 Å². The molecule has 1 saturated heterocycles. The number of benzene rings is 3. The molecule has 1 heterocycles.